The second-order valence-corrected chi connectivity index (χ2v) is 7.78. The highest BCUT2D eigenvalue weighted by atomic mass is 35.5. The Morgan fingerprint density at radius 2 is 1.70 bits per heavy atom. The van der Waals surface area contributed by atoms with Gasteiger partial charge in [-0.2, -0.15) is 4.98 Å². The number of nitrogens with two attached hydrogens (primary N) is 2. The number of hydrogen-bond acceptors (Lipinski definition) is 7. The normalized spacial score (nSPS) is 26.6. The largest absolute Gasteiger partial charge is 0.379 e. The van der Waals surface area contributed by atoms with Crippen LogP contribution in [0.15, 0.2) is 6.07 Å². The van der Waals surface area contributed by atoms with E-state index < -0.39 is 0 Å². The maximum Gasteiger partial charge on any atom is 0.222 e. The molecule has 0 radical (unpaired) electrons. The van der Waals surface area contributed by atoms with Gasteiger partial charge in [0.25, 0.3) is 0 Å². The Morgan fingerprint density at radius 1 is 1.04 bits per heavy atom. The summed E-state index contributed by atoms with van der Waals surface area (Å²) in [5.41, 5.74) is 13.0. The van der Waals surface area contributed by atoms with Crippen molar-refractivity contribution in [3.05, 3.63) is 11.8 Å². The van der Waals surface area contributed by atoms with Crippen molar-refractivity contribution in [1.82, 2.24) is 14.9 Å². The van der Waals surface area contributed by atoms with Crippen LogP contribution in [0.1, 0.15) is 37.3 Å². The van der Waals surface area contributed by atoms with Crippen molar-refractivity contribution in [3.63, 3.8) is 0 Å². The number of morpholine rings is 1. The molecule has 3 fully saturated rings. The van der Waals surface area contributed by atoms with Gasteiger partial charge in [-0.15, -0.1) is 24.8 Å². The van der Waals surface area contributed by atoms with E-state index in [0.29, 0.717) is 17.9 Å². The lowest BCUT2D eigenvalue weighted by atomic mass is 9.78. The highest BCUT2D eigenvalue weighted by Crippen LogP contribution is 2.36. The molecular weight excluding hydrogens is 387 g/mol. The summed E-state index contributed by atoms with van der Waals surface area (Å²) in [4.78, 5) is 13.9. The Labute approximate surface area is 174 Å². The van der Waals surface area contributed by atoms with Crippen LogP contribution in [0.2, 0.25) is 0 Å². The van der Waals surface area contributed by atoms with E-state index in [1.165, 1.54) is 19.4 Å². The van der Waals surface area contributed by atoms with Crippen LogP contribution in [-0.4, -0.2) is 66.8 Å². The molecule has 0 atom stereocenters. The molecule has 9 heteroatoms. The van der Waals surface area contributed by atoms with Crippen LogP contribution in [0.3, 0.4) is 0 Å². The summed E-state index contributed by atoms with van der Waals surface area (Å²) in [7, 11) is 0. The molecule has 0 amide bonds. The van der Waals surface area contributed by atoms with E-state index in [1.807, 2.05) is 0 Å². The lowest BCUT2D eigenvalue weighted by Crippen LogP contribution is -2.43. The summed E-state index contributed by atoms with van der Waals surface area (Å²) in [5, 5.41) is 0. The van der Waals surface area contributed by atoms with Crippen molar-refractivity contribution in [2.75, 3.05) is 56.6 Å². The van der Waals surface area contributed by atoms with Crippen molar-refractivity contribution in [1.29, 1.82) is 0 Å². The molecule has 0 aromatic carbocycles. The molecule has 2 saturated heterocycles. The van der Waals surface area contributed by atoms with Crippen LogP contribution < -0.4 is 16.4 Å². The average molecular weight is 419 g/mol. The van der Waals surface area contributed by atoms with Gasteiger partial charge in [0.05, 0.1) is 18.9 Å². The lowest BCUT2D eigenvalue weighted by molar-refractivity contribution is 0.0289. The minimum Gasteiger partial charge on any atom is -0.379 e. The van der Waals surface area contributed by atoms with Crippen LogP contribution in [0.25, 0.3) is 0 Å². The first kappa shape index (κ1) is 22.4. The molecule has 1 saturated carbocycles. The minimum absolute atomic E-state index is 0. The fraction of sp³-hybridized carbons (Fsp3) is 0.778. The Kier molecular flexibility index (Phi) is 8.37. The standard InChI is InChI=1S/C18H30N6O.2ClH/c19-15-9-14(10-15)16-11-17(22-18(20)21-16)24-3-1-13(2-4-24)12-23-5-7-25-8-6-23;;/h11,13-15H,1-10,12,19H2,(H2,20,21,22);2*1H. The van der Waals surface area contributed by atoms with Gasteiger partial charge in [0.1, 0.15) is 5.82 Å². The van der Waals surface area contributed by atoms with E-state index in [1.54, 1.807) is 0 Å². The van der Waals surface area contributed by atoms with Gasteiger partial charge in [0.15, 0.2) is 0 Å². The van der Waals surface area contributed by atoms with Gasteiger partial charge < -0.3 is 21.1 Å². The van der Waals surface area contributed by atoms with Crippen molar-refractivity contribution < 1.29 is 4.74 Å². The van der Waals surface area contributed by atoms with Gasteiger partial charge in [-0.1, -0.05) is 0 Å². The van der Waals surface area contributed by atoms with E-state index in [4.69, 9.17) is 16.2 Å². The summed E-state index contributed by atoms with van der Waals surface area (Å²) in [6.07, 6.45) is 4.45. The molecule has 4 N–H and O–H groups in total. The molecule has 1 aromatic rings. The summed E-state index contributed by atoms with van der Waals surface area (Å²) in [5.74, 6) is 2.62. The molecule has 3 heterocycles. The number of aromatic nitrogens is 2. The van der Waals surface area contributed by atoms with Crippen LogP contribution in [0, 0.1) is 5.92 Å². The molecule has 3 aliphatic rings. The first-order valence-corrected chi connectivity index (χ1v) is 9.62. The zero-order chi connectivity index (χ0) is 17.2. The first-order valence-electron chi connectivity index (χ1n) is 9.62. The number of hydrogen-bond donors (Lipinski definition) is 2. The number of rotatable bonds is 4. The van der Waals surface area contributed by atoms with Crippen molar-refractivity contribution >= 4 is 36.6 Å². The topological polar surface area (TPSA) is 93.5 Å². The van der Waals surface area contributed by atoms with Gasteiger partial charge in [-0.3, -0.25) is 4.90 Å². The Balaban J connectivity index is 0.00000131. The molecule has 0 bridgehead atoms. The number of halogens is 2. The third-order valence-corrected chi connectivity index (χ3v) is 5.90. The van der Waals surface area contributed by atoms with E-state index >= 15 is 0 Å². The second kappa shape index (κ2) is 10.1. The summed E-state index contributed by atoms with van der Waals surface area (Å²) >= 11 is 0. The molecular formula is C18H32Cl2N6O. The molecule has 1 aliphatic carbocycles. The molecule has 2 aliphatic heterocycles. The minimum atomic E-state index is 0. The SMILES string of the molecule is Cl.Cl.Nc1nc(C2CC(N)C2)cc(N2CCC(CN3CCOCC3)CC2)n1. The van der Waals surface area contributed by atoms with E-state index in [9.17, 15) is 0 Å². The molecule has 0 spiro atoms. The van der Waals surface area contributed by atoms with Crippen molar-refractivity contribution in [3.8, 4) is 0 Å². The third-order valence-electron chi connectivity index (χ3n) is 5.90. The Hall–Kier alpha value is -0.860. The van der Waals surface area contributed by atoms with E-state index in [-0.39, 0.29) is 24.8 Å². The maximum atomic E-state index is 5.97. The number of ether oxygens (including phenoxy) is 1. The van der Waals surface area contributed by atoms with E-state index in [2.05, 4.69) is 25.8 Å². The zero-order valence-corrected chi connectivity index (χ0v) is 17.4. The van der Waals surface area contributed by atoms with Crippen molar-refractivity contribution in [2.45, 2.75) is 37.6 Å². The fourth-order valence-electron chi connectivity index (χ4n) is 4.24. The maximum absolute atomic E-state index is 5.97. The smallest absolute Gasteiger partial charge is 0.222 e. The summed E-state index contributed by atoms with van der Waals surface area (Å²) in [6, 6.07) is 2.45. The number of piperidine rings is 1. The third kappa shape index (κ3) is 5.57. The molecule has 1 aromatic heterocycles. The Morgan fingerprint density at radius 3 is 2.33 bits per heavy atom. The monoisotopic (exact) mass is 418 g/mol. The van der Waals surface area contributed by atoms with Crippen LogP contribution in [0.4, 0.5) is 11.8 Å². The van der Waals surface area contributed by atoms with Crippen LogP contribution >= 0.6 is 24.8 Å². The predicted molar refractivity (Wildman–Crippen MR) is 113 cm³/mol. The molecule has 154 valence electrons. The Bertz CT molecular complexity index is 587. The number of nitrogen functional groups attached to an aromatic ring is 1. The zero-order valence-electron chi connectivity index (χ0n) is 15.8. The van der Waals surface area contributed by atoms with Gasteiger partial charge in [0.2, 0.25) is 5.95 Å². The number of anilines is 2. The molecule has 27 heavy (non-hydrogen) atoms. The average Bonchev–Trinajstić information content (AvgIpc) is 2.60. The highest BCUT2D eigenvalue weighted by Gasteiger charge is 2.30. The quantitative estimate of drug-likeness (QED) is 0.767. The molecule has 7 nitrogen and oxygen atoms in total. The lowest BCUT2D eigenvalue weighted by Gasteiger charge is -2.37. The van der Waals surface area contributed by atoms with Gasteiger partial charge in [-0.05, 0) is 31.6 Å². The van der Waals surface area contributed by atoms with Gasteiger partial charge in [0, 0.05) is 50.7 Å². The van der Waals surface area contributed by atoms with Crippen molar-refractivity contribution in [2.24, 2.45) is 11.7 Å². The van der Waals surface area contributed by atoms with Crippen LogP contribution in [0.5, 0.6) is 0 Å². The van der Waals surface area contributed by atoms with Crippen LogP contribution in [-0.2, 0) is 4.74 Å². The predicted octanol–water partition coefficient (Wildman–Crippen LogP) is 1.66. The molecule has 0 unspecified atom stereocenters. The summed E-state index contributed by atoms with van der Waals surface area (Å²) in [6.45, 7) is 7.23. The van der Waals surface area contributed by atoms with Gasteiger partial charge >= 0.3 is 0 Å². The van der Waals surface area contributed by atoms with E-state index in [0.717, 1.165) is 69.7 Å². The summed E-state index contributed by atoms with van der Waals surface area (Å²) < 4.78 is 5.44. The molecule has 4 rings (SSSR count). The highest BCUT2D eigenvalue weighted by molar-refractivity contribution is 5.85. The van der Waals surface area contributed by atoms with Gasteiger partial charge in [-0.25, -0.2) is 4.98 Å². The fourth-order valence-corrected chi connectivity index (χ4v) is 4.24. The number of nitrogens with zero attached hydrogens (tertiary/aromatic N) is 4. The second-order valence-electron chi connectivity index (χ2n) is 7.78. The first-order chi connectivity index (χ1) is 12.2.